The Morgan fingerprint density at radius 2 is 1.85 bits per heavy atom. The lowest BCUT2D eigenvalue weighted by atomic mass is 10.0. The number of rotatable bonds is 7. The summed E-state index contributed by atoms with van der Waals surface area (Å²) in [5, 5.41) is 21.4. The van der Waals surface area contributed by atoms with Crippen LogP contribution in [0.1, 0.15) is 28.9 Å². The van der Waals surface area contributed by atoms with Gasteiger partial charge < -0.3 is 16.2 Å². The summed E-state index contributed by atoms with van der Waals surface area (Å²) in [6.45, 7) is 6.80. The number of benzene rings is 1. The lowest BCUT2D eigenvalue weighted by molar-refractivity contribution is -0.384. The van der Waals surface area contributed by atoms with Crippen molar-refractivity contribution < 1.29 is 28.0 Å². The van der Waals surface area contributed by atoms with Gasteiger partial charge in [0.1, 0.15) is 5.65 Å². The molecule has 0 aliphatic rings. The number of hydrogen-bond acceptors (Lipinski definition) is 8. The molecule has 0 spiro atoms. The maximum absolute atomic E-state index is 10.9. The zero-order chi connectivity index (χ0) is 28.9. The van der Waals surface area contributed by atoms with Crippen molar-refractivity contribution in [1.29, 1.82) is 0 Å². The standard InChI is InChI=1S/C23H25N7O2.C2HF3O2/c1-14-6-4-8-18(16(14)3)19-12-21-26-15(2)13-29(21)23(28-19)25-11-5-7-17-9-10-20(30(31)32)22(24)27-17;3-2(4,5)1(6)7/h4,6,8-10,12-13H,5,7,11H2,1-3H3,(H2,24,27)(H,25,28);(H,6,7). The van der Waals surface area contributed by atoms with Crippen LogP contribution in [0.2, 0.25) is 0 Å². The number of nitro groups is 1. The molecule has 1 aromatic carbocycles. The lowest BCUT2D eigenvalue weighted by Gasteiger charge is -2.13. The minimum atomic E-state index is -5.08. The van der Waals surface area contributed by atoms with Gasteiger partial charge in [0.15, 0.2) is 0 Å². The van der Waals surface area contributed by atoms with Crippen LogP contribution in [0.4, 0.5) is 30.6 Å². The normalized spacial score (nSPS) is 11.1. The fourth-order valence-electron chi connectivity index (χ4n) is 3.67. The number of aryl methyl sites for hydroxylation is 3. The quantitative estimate of drug-likeness (QED) is 0.167. The Labute approximate surface area is 220 Å². The highest BCUT2D eigenvalue weighted by molar-refractivity contribution is 5.73. The van der Waals surface area contributed by atoms with Crippen molar-refractivity contribution in [2.45, 2.75) is 39.8 Å². The van der Waals surface area contributed by atoms with E-state index in [9.17, 15) is 23.3 Å². The molecule has 0 fully saturated rings. The van der Waals surface area contributed by atoms with Crippen molar-refractivity contribution in [1.82, 2.24) is 19.4 Å². The third kappa shape index (κ3) is 7.18. The van der Waals surface area contributed by atoms with Gasteiger partial charge in [-0.2, -0.15) is 13.2 Å². The van der Waals surface area contributed by atoms with E-state index in [1.165, 1.54) is 17.2 Å². The second kappa shape index (κ2) is 11.8. The molecule has 0 aliphatic heterocycles. The van der Waals surface area contributed by atoms with E-state index in [-0.39, 0.29) is 11.5 Å². The minimum absolute atomic E-state index is 0.0565. The average Bonchev–Trinajstić information content (AvgIpc) is 3.23. The highest BCUT2D eigenvalue weighted by Crippen LogP contribution is 2.27. The second-order valence-corrected chi connectivity index (χ2v) is 8.62. The van der Waals surface area contributed by atoms with E-state index in [0.717, 1.165) is 40.7 Å². The Hall–Kier alpha value is -4.75. The van der Waals surface area contributed by atoms with Crippen LogP contribution in [0.15, 0.2) is 42.6 Å². The molecule has 0 radical (unpaired) electrons. The third-order valence-electron chi connectivity index (χ3n) is 5.75. The number of imidazole rings is 1. The number of fused-ring (bicyclic) bond motifs is 1. The van der Waals surface area contributed by atoms with Crippen molar-refractivity contribution >= 4 is 29.1 Å². The molecular weight excluding hydrogens is 519 g/mol. The van der Waals surface area contributed by atoms with Crippen LogP contribution >= 0.6 is 0 Å². The van der Waals surface area contributed by atoms with Crippen molar-refractivity contribution in [3.8, 4) is 11.3 Å². The number of anilines is 2. The summed E-state index contributed by atoms with van der Waals surface area (Å²) in [6, 6.07) is 11.3. The van der Waals surface area contributed by atoms with Crippen LogP contribution in [-0.4, -0.2) is 48.1 Å². The fraction of sp³-hybridized carbons (Fsp3) is 0.280. The van der Waals surface area contributed by atoms with Crippen molar-refractivity contribution in [2.24, 2.45) is 0 Å². The Bertz CT molecular complexity index is 1520. The van der Waals surface area contributed by atoms with Crippen LogP contribution in [0.3, 0.4) is 0 Å². The molecule has 0 unspecified atom stereocenters. The number of halogens is 3. The lowest BCUT2D eigenvalue weighted by Crippen LogP contribution is -2.21. The largest absolute Gasteiger partial charge is 0.490 e. The predicted octanol–water partition coefficient (Wildman–Crippen LogP) is 4.88. The number of carboxylic acids is 1. The van der Waals surface area contributed by atoms with E-state index in [1.807, 2.05) is 29.7 Å². The summed E-state index contributed by atoms with van der Waals surface area (Å²) in [6.07, 6.45) is -1.73. The van der Waals surface area contributed by atoms with Gasteiger partial charge in [0.25, 0.3) is 0 Å². The van der Waals surface area contributed by atoms with Gasteiger partial charge in [-0.15, -0.1) is 0 Å². The number of aromatic nitrogens is 4. The van der Waals surface area contributed by atoms with Gasteiger partial charge in [0.05, 0.1) is 16.3 Å². The third-order valence-corrected chi connectivity index (χ3v) is 5.75. The van der Waals surface area contributed by atoms with E-state index in [0.29, 0.717) is 13.0 Å². The fourth-order valence-corrected chi connectivity index (χ4v) is 3.67. The summed E-state index contributed by atoms with van der Waals surface area (Å²) in [5.74, 6) is -2.10. The first-order valence-electron chi connectivity index (χ1n) is 11.6. The number of nitrogen functional groups attached to an aromatic ring is 1. The van der Waals surface area contributed by atoms with Crippen LogP contribution in [0, 0.1) is 30.9 Å². The molecule has 39 heavy (non-hydrogen) atoms. The average molecular weight is 546 g/mol. The van der Waals surface area contributed by atoms with Gasteiger partial charge in [-0.05, 0) is 50.8 Å². The molecule has 14 heteroatoms. The van der Waals surface area contributed by atoms with E-state index in [4.69, 9.17) is 20.6 Å². The molecule has 0 saturated carbocycles. The van der Waals surface area contributed by atoms with Crippen LogP contribution < -0.4 is 11.1 Å². The molecule has 0 bridgehead atoms. The number of carbonyl (C=O) groups is 1. The number of alkyl halides is 3. The Morgan fingerprint density at radius 3 is 2.46 bits per heavy atom. The van der Waals surface area contributed by atoms with Gasteiger partial charge in [0, 0.05) is 36.1 Å². The van der Waals surface area contributed by atoms with Crippen LogP contribution in [-0.2, 0) is 11.2 Å². The smallest absolute Gasteiger partial charge is 0.475 e. The number of hydrogen-bond donors (Lipinski definition) is 3. The zero-order valence-electron chi connectivity index (χ0n) is 21.3. The van der Waals surface area contributed by atoms with Gasteiger partial charge >= 0.3 is 17.8 Å². The molecular formula is C25H26F3N7O4. The molecule has 3 heterocycles. The molecule has 4 rings (SSSR count). The highest BCUT2D eigenvalue weighted by Gasteiger charge is 2.38. The van der Waals surface area contributed by atoms with Crippen molar-refractivity contribution in [3.63, 3.8) is 0 Å². The minimum Gasteiger partial charge on any atom is -0.475 e. The monoisotopic (exact) mass is 545 g/mol. The van der Waals surface area contributed by atoms with Crippen LogP contribution in [0.5, 0.6) is 0 Å². The molecule has 0 aliphatic carbocycles. The first-order chi connectivity index (χ1) is 18.3. The second-order valence-electron chi connectivity index (χ2n) is 8.62. The Balaban J connectivity index is 0.000000532. The van der Waals surface area contributed by atoms with Crippen molar-refractivity contribution in [2.75, 3.05) is 17.6 Å². The predicted molar refractivity (Wildman–Crippen MR) is 138 cm³/mol. The molecule has 11 nitrogen and oxygen atoms in total. The zero-order valence-corrected chi connectivity index (χ0v) is 21.3. The van der Waals surface area contributed by atoms with Crippen molar-refractivity contribution in [3.05, 3.63) is 75.2 Å². The number of pyridine rings is 1. The van der Waals surface area contributed by atoms with Gasteiger partial charge in [0.2, 0.25) is 11.8 Å². The van der Waals surface area contributed by atoms with E-state index < -0.39 is 17.1 Å². The Morgan fingerprint density at radius 1 is 1.15 bits per heavy atom. The number of nitrogens with one attached hydrogen (secondary N) is 1. The molecule has 3 aromatic heterocycles. The van der Waals surface area contributed by atoms with E-state index in [2.05, 4.69) is 41.3 Å². The Kier molecular flexibility index (Phi) is 8.68. The molecule has 0 saturated heterocycles. The first-order valence-corrected chi connectivity index (χ1v) is 11.6. The molecule has 0 atom stereocenters. The maximum atomic E-state index is 10.9. The summed E-state index contributed by atoms with van der Waals surface area (Å²) in [5.41, 5.74) is 12.4. The number of aliphatic carboxylic acids is 1. The van der Waals surface area contributed by atoms with Gasteiger partial charge in [-0.1, -0.05) is 18.2 Å². The SMILES string of the molecule is Cc1cn2c(NCCCc3ccc([N+](=O)[O-])c(N)n3)nc(-c3cccc(C)c3C)cc2n1.O=C(O)C(F)(F)F. The van der Waals surface area contributed by atoms with E-state index in [1.54, 1.807) is 6.07 Å². The highest BCUT2D eigenvalue weighted by atomic mass is 19.4. The topological polar surface area (TPSA) is 162 Å². The van der Waals surface area contributed by atoms with Gasteiger partial charge in [-0.3, -0.25) is 14.5 Å². The van der Waals surface area contributed by atoms with Crippen LogP contribution in [0.25, 0.3) is 16.9 Å². The number of carboxylic acid groups (broad SMARTS) is 1. The molecule has 206 valence electrons. The summed E-state index contributed by atoms with van der Waals surface area (Å²) in [4.78, 5) is 32.9. The maximum Gasteiger partial charge on any atom is 0.490 e. The summed E-state index contributed by atoms with van der Waals surface area (Å²) >= 11 is 0. The first kappa shape index (κ1) is 28.8. The van der Waals surface area contributed by atoms with E-state index >= 15 is 0 Å². The number of nitrogens with zero attached hydrogens (tertiary/aromatic N) is 5. The summed E-state index contributed by atoms with van der Waals surface area (Å²) < 4.78 is 33.7. The summed E-state index contributed by atoms with van der Waals surface area (Å²) in [7, 11) is 0. The number of nitrogens with two attached hydrogens (primary N) is 1. The molecule has 4 N–H and O–H groups in total. The molecule has 0 amide bonds. The van der Waals surface area contributed by atoms with Gasteiger partial charge in [-0.25, -0.2) is 19.7 Å². The molecule has 4 aromatic rings.